The molecule has 0 bridgehead atoms. The lowest BCUT2D eigenvalue weighted by atomic mass is 10.2. The van der Waals surface area contributed by atoms with Crippen LogP contribution in [-0.4, -0.2) is 27.4 Å². The Balaban J connectivity index is 2.66. The molecule has 0 unspecified atom stereocenters. The zero-order valence-electron chi connectivity index (χ0n) is 9.05. The van der Waals surface area contributed by atoms with E-state index in [4.69, 9.17) is 9.47 Å². The summed E-state index contributed by atoms with van der Waals surface area (Å²) in [5.74, 6) is 1.36. The lowest BCUT2D eigenvalue weighted by molar-refractivity contribution is 0.355. The quantitative estimate of drug-likeness (QED) is 0.736. The topological polar surface area (TPSA) is 30.5 Å². The molecule has 1 rings (SSSR count). The Morgan fingerprint density at radius 2 is 1.93 bits per heavy atom. The zero-order valence-corrected chi connectivity index (χ0v) is 9.05. The second kappa shape index (κ2) is 6.11. The fraction of sp³-hybridized carbons (Fsp3) is 0.455. The Kier molecular flexibility index (Phi) is 4.74. The Bertz CT molecular complexity index is 305. The summed E-state index contributed by atoms with van der Waals surface area (Å²) in [5, 5.41) is 3.10. The van der Waals surface area contributed by atoms with E-state index >= 15 is 0 Å². The average Bonchev–Trinajstić information content (AvgIpc) is 2.29. The van der Waals surface area contributed by atoms with Gasteiger partial charge in [0, 0.05) is 18.3 Å². The second-order valence-corrected chi connectivity index (χ2v) is 3.04. The van der Waals surface area contributed by atoms with Gasteiger partial charge in [-0.25, -0.2) is 0 Å². The van der Waals surface area contributed by atoms with Crippen LogP contribution in [0.1, 0.15) is 6.42 Å². The molecule has 0 saturated carbocycles. The Labute approximate surface area is 89.2 Å². The lowest BCUT2D eigenvalue weighted by Crippen LogP contribution is -2.02. The highest BCUT2D eigenvalue weighted by atomic mass is 19.1. The molecule has 0 atom stereocenters. The van der Waals surface area contributed by atoms with E-state index in [-0.39, 0.29) is 6.67 Å². The molecule has 3 nitrogen and oxygen atoms in total. The summed E-state index contributed by atoms with van der Waals surface area (Å²) in [6.45, 7) is 0.312. The first-order valence-electron chi connectivity index (χ1n) is 4.83. The Morgan fingerprint density at radius 3 is 2.53 bits per heavy atom. The Hall–Kier alpha value is -1.45. The maximum absolute atomic E-state index is 11.9. The van der Waals surface area contributed by atoms with Crippen molar-refractivity contribution in [1.29, 1.82) is 0 Å². The van der Waals surface area contributed by atoms with Crippen molar-refractivity contribution in [2.75, 3.05) is 32.8 Å². The fourth-order valence-electron chi connectivity index (χ4n) is 1.25. The van der Waals surface area contributed by atoms with Crippen molar-refractivity contribution in [3.8, 4) is 11.5 Å². The number of anilines is 1. The number of hydrogen-bond donors (Lipinski definition) is 1. The van der Waals surface area contributed by atoms with Gasteiger partial charge in [0.05, 0.1) is 20.9 Å². The monoisotopic (exact) mass is 213 g/mol. The van der Waals surface area contributed by atoms with Gasteiger partial charge in [0.15, 0.2) is 11.5 Å². The minimum absolute atomic E-state index is 0.305. The molecule has 1 aromatic carbocycles. The van der Waals surface area contributed by atoms with Crippen LogP contribution in [0.2, 0.25) is 0 Å². The number of benzene rings is 1. The predicted molar refractivity (Wildman–Crippen MR) is 58.6 cm³/mol. The summed E-state index contributed by atoms with van der Waals surface area (Å²) >= 11 is 0. The molecule has 0 radical (unpaired) electrons. The molecule has 0 heterocycles. The molecule has 0 saturated heterocycles. The molecule has 0 aromatic heterocycles. The number of nitrogens with one attached hydrogen (secondary N) is 1. The van der Waals surface area contributed by atoms with Gasteiger partial charge >= 0.3 is 0 Å². The van der Waals surface area contributed by atoms with E-state index in [9.17, 15) is 4.39 Å². The van der Waals surface area contributed by atoms with Crippen molar-refractivity contribution in [3.63, 3.8) is 0 Å². The van der Waals surface area contributed by atoms with E-state index in [0.717, 1.165) is 5.69 Å². The summed E-state index contributed by atoms with van der Waals surface area (Å²) in [6.07, 6.45) is 0.508. The third-order valence-electron chi connectivity index (χ3n) is 2.02. The van der Waals surface area contributed by atoms with Gasteiger partial charge in [-0.1, -0.05) is 0 Å². The normalized spacial score (nSPS) is 9.80. The van der Waals surface area contributed by atoms with Crippen LogP contribution in [0.3, 0.4) is 0 Å². The molecular formula is C11H16FNO2. The van der Waals surface area contributed by atoms with Gasteiger partial charge in [-0.05, 0) is 18.6 Å². The second-order valence-electron chi connectivity index (χ2n) is 3.04. The minimum Gasteiger partial charge on any atom is -0.493 e. The number of alkyl halides is 1. The molecule has 1 N–H and O–H groups in total. The summed E-state index contributed by atoms with van der Waals surface area (Å²) in [7, 11) is 3.18. The zero-order chi connectivity index (χ0) is 11.1. The predicted octanol–water partition coefficient (Wildman–Crippen LogP) is 2.48. The molecule has 0 spiro atoms. The van der Waals surface area contributed by atoms with Gasteiger partial charge in [-0.2, -0.15) is 0 Å². The molecule has 15 heavy (non-hydrogen) atoms. The lowest BCUT2D eigenvalue weighted by Gasteiger charge is -2.10. The third kappa shape index (κ3) is 3.31. The van der Waals surface area contributed by atoms with E-state index in [1.165, 1.54) is 0 Å². The van der Waals surface area contributed by atoms with Crippen molar-refractivity contribution >= 4 is 5.69 Å². The first-order valence-corrected chi connectivity index (χ1v) is 4.83. The number of halogens is 1. The third-order valence-corrected chi connectivity index (χ3v) is 2.02. The van der Waals surface area contributed by atoms with Crippen LogP contribution in [0.25, 0.3) is 0 Å². The van der Waals surface area contributed by atoms with Crippen LogP contribution in [0.5, 0.6) is 11.5 Å². The van der Waals surface area contributed by atoms with Crippen molar-refractivity contribution in [1.82, 2.24) is 0 Å². The SMILES string of the molecule is COc1ccc(NCCCF)cc1OC. The first-order chi connectivity index (χ1) is 7.31. The van der Waals surface area contributed by atoms with Crippen molar-refractivity contribution in [2.45, 2.75) is 6.42 Å². The molecule has 0 aliphatic heterocycles. The first kappa shape index (κ1) is 11.6. The van der Waals surface area contributed by atoms with Crippen molar-refractivity contribution in [3.05, 3.63) is 18.2 Å². The highest BCUT2D eigenvalue weighted by Gasteiger charge is 2.03. The molecule has 0 aliphatic carbocycles. The van der Waals surface area contributed by atoms with Gasteiger partial charge in [0.2, 0.25) is 0 Å². The number of rotatable bonds is 6. The van der Waals surface area contributed by atoms with Gasteiger partial charge in [-0.3, -0.25) is 4.39 Å². The van der Waals surface area contributed by atoms with E-state index in [1.54, 1.807) is 14.2 Å². The standard InChI is InChI=1S/C11H16FNO2/c1-14-10-5-4-9(8-11(10)15-2)13-7-3-6-12/h4-5,8,13H,3,6-7H2,1-2H3. The largest absolute Gasteiger partial charge is 0.493 e. The van der Waals surface area contributed by atoms with Crippen LogP contribution < -0.4 is 14.8 Å². The van der Waals surface area contributed by atoms with Gasteiger partial charge in [-0.15, -0.1) is 0 Å². The van der Waals surface area contributed by atoms with Crippen molar-refractivity contribution < 1.29 is 13.9 Å². The summed E-state index contributed by atoms with van der Waals surface area (Å²) in [5.41, 5.74) is 0.904. The molecule has 0 fully saturated rings. The van der Waals surface area contributed by atoms with E-state index < -0.39 is 0 Å². The van der Waals surface area contributed by atoms with Gasteiger partial charge in [0.1, 0.15) is 0 Å². The molecule has 4 heteroatoms. The molecule has 84 valence electrons. The van der Waals surface area contributed by atoms with Crippen LogP contribution in [-0.2, 0) is 0 Å². The average molecular weight is 213 g/mol. The van der Waals surface area contributed by atoms with E-state index in [1.807, 2.05) is 18.2 Å². The highest BCUT2D eigenvalue weighted by Crippen LogP contribution is 2.29. The number of ether oxygens (including phenoxy) is 2. The van der Waals surface area contributed by atoms with E-state index in [2.05, 4.69) is 5.32 Å². The summed E-state index contributed by atoms with van der Waals surface area (Å²) in [6, 6.07) is 5.52. The van der Waals surface area contributed by atoms with Gasteiger partial charge in [0.25, 0.3) is 0 Å². The molecule has 0 amide bonds. The maximum Gasteiger partial charge on any atom is 0.162 e. The number of hydrogen-bond acceptors (Lipinski definition) is 3. The fourth-order valence-corrected chi connectivity index (χ4v) is 1.25. The summed E-state index contributed by atoms with van der Waals surface area (Å²) in [4.78, 5) is 0. The van der Waals surface area contributed by atoms with Crippen molar-refractivity contribution in [2.24, 2.45) is 0 Å². The van der Waals surface area contributed by atoms with Crippen LogP contribution in [0.4, 0.5) is 10.1 Å². The highest BCUT2D eigenvalue weighted by molar-refractivity contribution is 5.54. The minimum atomic E-state index is -0.305. The van der Waals surface area contributed by atoms with Crippen LogP contribution >= 0.6 is 0 Å². The van der Waals surface area contributed by atoms with Crippen LogP contribution in [0, 0.1) is 0 Å². The summed E-state index contributed by atoms with van der Waals surface area (Å²) < 4.78 is 22.1. The number of methoxy groups -OCH3 is 2. The molecular weight excluding hydrogens is 197 g/mol. The van der Waals surface area contributed by atoms with Crippen LogP contribution in [0.15, 0.2) is 18.2 Å². The molecule has 0 aliphatic rings. The van der Waals surface area contributed by atoms with E-state index in [0.29, 0.717) is 24.5 Å². The smallest absolute Gasteiger partial charge is 0.162 e. The Morgan fingerprint density at radius 1 is 1.20 bits per heavy atom. The maximum atomic E-state index is 11.9. The van der Waals surface area contributed by atoms with Gasteiger partial charge < -0.3 is 14.8 Å². The molecule has 1 aromatic rings.